The van der Waals surface area contributed by atoms with Crippen molar-refractivity contribution in [2.45, 2.75) is 19.7 Å². The standard InChI is InChI=1S/C10H14FO2Si/c1-12-10-6-9(11)5-4-8(10)7-13-14(2)3/h4-6H,7H2,1-3H3. The lowest BCUT2D eigenvalue weighted by Crippen LogP contribution is -2.08. The topological polar surface area (TPSA) is 18.5 Å². The summed E-state index contributed by atoms with van der Waals surface area (Å²) in [5.41, 5.74) is 0.889. The molecule has 77 valence electrons. The Morgan fingerprint density at radius 2 is 2.07 bits per heavy atom. The predicted octanol–water partition coefficient (Wildman–Crippen LogP) is 2.60. The maximum absolute atomic E-state index is 12.8. The van der Waals surface area contributed by atoms with Gasteiger partial charge in [-0.15, -0.1) is 0 Å². The van der Waals surface area contributed by atoms with E-state index in [1.54, 1.807) is 6.07 Å². The first kappa shape index (κ1) is 11.2. The molecular weight excluding hydrogens is 199 g/mol. The molecule has 0 bridgehead atoms. The van der Waals surface area contributed by atoms with E-state index < -0.39 is 9.04 Å². The number of hydrogen-bond donors (Lipinski definition) is 0. The quantitative estimate of drug-likeness (QED) is 0.716. The molecule has 0 saturated heterocycles. The van der Waals surface area contributed by atoms with Crippen molar-refractivity contribution in [3.05, 3.63) is 29.6 Å². The summed E-state index contributed by atoms with van der Waals surface area (Å²) in [7, 11) is 0.814. The molecule has 2 nitrogen and oxygen atoms in total. The summed E-state index contributed by atoms with van der Waals surface area (Å²) >= 11 is 0. The number of halogens is 1. The van der Waals surface area contributed by atoms with Gasteiger partial charge in [0.25, 0.3) is 0 Å². The minimum absolute atomic E-state index is 0.288. The number of rotatable bonds is 4. The molecule has 0 fully saturated rings. The van der Waals surface area contributed by atoms with E-state index >= 15 is 0 Å². The molecule has 1 aromatic rings. The van der Waals surface area contributed by atoms with Crippen LogP contribution in [0.5, 0.6) is 5.75 Å². The molecule has 0 saturated carbocycles. The van der Waals surface area contributed by atoms with Gasteiger partial charge in [-0.25, -0.2) is 4.39 Å². The average molecular weight is 213 g/mol. The Morgan fingerprint density at radius 3 is 2.64 bits per heavy atom. The van der Waals surface area contributed by atoms with Gasteiger partial charge in [0, 0.05) is 11.6 Å². The predicted molar refractivity (Wildman–Crippen MR) is 55.2 cm³/mol. The largest absolute Gasteiger partial charge is 0.496 e. The van der Waals surface area contributed by atoms with Crippen LogP contribution in [0.3, 0.4) is 0 Å². The van der Waals surface area contributed by atoms with E-state index in [2.05, 4.69) is 13.1 Å². The fourth-order valence-electron chi connectivity index (χ4n) is 1.06. The van der Waals surface area contributed by atoms with Gasteiger partial charge >= 0.3 is 0 Å². The summed E-state index contributed by atoms with van der Waals surface area (Å²) in [6.07, 6.45) is 0. The highest BCUT2D eigenvalue weighted by molar-refractivity contribution is 6.48. The third kappa shape index (κ3) is 3.12. The van der Waals surface area contributed by atoms with Crippen molar-refractivity contribution in [2.24, 2.45) is 0 Å². The molecule has 4 heteroatoms. The molecule has 1 rings (SSSR count). The minimum Gasteiger partial charge on any atom is -0.496 e. The Kier molecular flexibility index (Phi) is 4.10. The van der Waals surface area contributed by atoms with Crippen LogP contribution < -0.4 is 4.74 Å². The molecule has 0 heterocycles. The normalized spacial score (nSPS) is 10.6. The lowest BCUT2D eigenvalue weighted by molar-refractivity contribution is 0.303. The SMILES string of the molecule is COc1cc(F)ccc1CO[Si](C)C. The first-order valence-corrected chi connectivity index (χ1v) is 6.79. The summed E-state index contributed by atoms with van der Waals surface area (Å²) in [5, 5.41) is 0. The lowest BCUT2D eigenvalue weighted by Gasteiger charge is -2.10. The zero-order valence-electron chi connectivity index (χ0n) is 8.63. The maximum atomic E-state index is 12.8. The molecule has 0 spiro atoms. The summed E-state index contributed by atoms with van der Waals surface area (Å²) in [5.74, 6) is 0.261. The number of hydrogen-bond acceptors (Lipinski definition) is 2. The molecular formula is C10H14FO2Si. The fraction of sp³-hybridized carbons (Fsp3) is 0.400. The first-order valence-electron chi connectivity index (χ1n) is 4.39. The Morgan fingerprint density at radius 1 is 1.36 bits per heavy atom. The van der Waals surface area contributed by atoms with E-state index in [1.807, 2.05) is 0 Å². The zero-order valence-corrected chi connectivity index (χ0v) is 9.63. The van der Waals surface area contributed by atoms with Crippen LogP contribution in [0.2, 0.25) is 13.1 Å². The highest BCUT2D eigenvalue weighted by atomic mass is 28.3. The highest BCUT2D eigenvalue weighted by Gasteiger charge is 2.05. The Balaban J connectivity index is 2.75. The maximum Gasteiger partial charge on any atom is 0.205 e. The summed E-state index contributed by atoms with van der Waals surface area (Å²) in [6.45, 7) is 4.60. The van der Waals surface area contributed by atoms with Gasteiger partial charge in [0.05, 0.1) is 13.7 Å². The summed E-state index contributed by atoms with van der Waals surface area (Å²) < 4.78 is 23.4. The van der Waals surface area contributed by atoms with E-state index in [0.717, 1.165) is 5.56 Å². The van der Waals surface area contributed by atoms with Crippen LogP contribution in [-0.2, 0) is 11.0 Å². The Bertz CT molecular complexity index is 302. The second-order valence-corrected chi connectivity index (χ2v) is 5.26. The van der Waals surface area contributed by atoms with Crippen molar-refractivity contribution in [2.75, 3.05) is 7.11 Å². The van der Waals surface area contributed by atoms with E-state index in [0.29, 0.717) is 12.4 Å². The molecule has 0 aliphatic heterocycles. The Labute approximate surface area is 85.4 Å². The number of ether oxygens (including phenoxy) is 1. The van der Waals surface area contributed by atoms with Crippen molar-refractivity contribution >= 4 is 9.04 Å². The van der Waals surface area contributed by atoms with Crippen LogP contribution in [0.15, 0.2) is 18.2 Å². The molecule has 0 aromatic heterocycles. The van der Waals surface area contributed by atoms with Gasteiger partial charge in [-0.1, -0.05) is 6.07 Å². The van der Waals surface area contributed by atoms with Gasteiger partial charge in [-0.05, 0) is 19.2 Å². The summed E-state index contributed by atoms with van der Waals surface area (Å²) in [6, 6.07) is 4.48. The second-order valence-electron chi connectivity index (χ2n) is 3.15. The molecule has 0 aliphatic carbocycles. The van der Waals surface area contributed by atoms with Gasteiger partial charge in [-0.2, -0.15) is 0 Å². The molecule has 14 heavy (non-hydrogen) atoms. The molecule has 1 radical (unpaired) electrons. The van der Waals surface area contributed by atoms with Crippen molar-refractivity contribution < 1.29 is 13.6 Å². The van der Waals surface area contributed by atoms with Crippen molar-refractivity contribution in [3.8, 4) is 5.75 Å². The van der Waals surface area contributed by atoms with Crippen LogP contribution in [0, 0.1) is 5.82 Å². The number of benzene rings is 1. The number of methoxy groups -OCH3 is 1. The van der Waals surface area contributed by atoms with Crippen LogP contribution in [0.25, 0.3) is 0 Å². The second kappa shape index (κ2) is 5.12. The third-order valence-electron chi connectivity index (χ3n) is 1.77. The van der Waals surface area contributed by atoms with Gasteiger partial charge in [0.15, 0.2) is 0 Å². The molecule has 0 amide bonds. The van der Waals surface area contributed by atoms with E-state index in [4.69, 9.17) is 9.16 Å². The van der Waals surface area contributed by atoms with Crippen molar-refractivity contribution in [1.82, 2.24) is 0 Å². The van der Waals surface area contributed by atoms with Crippen molar-refractivity contribution in [3.63, 3.8) is 0 Å². The monoisotopic (exact) mass is 213 g/mol. The van der Waals surface area contributed by atoms with Crippen LogP contribution in [0.4, 0.5) is 4.39 Å². The molecule has 0 unspecified atom stereocenters. The van der Waals surface area contributed by atoms with E-state index in [1.165, 1.54) is 19.2 Å². The summed E-state index contributed by atoms with van der Waals surface area (Å²) in [4.78, 5) is 0. The lowest BCUT2D eigenvalue weighted by atomic mass is 10.2. The van der Waals surface area contributed by atoms with Gasteiger partial charge in [0.2, 0.25) is 9.04 Å². The van der Waals surface area contributed by atoms with Crippen LogP contribution in [0.1, 0.15) is 5.56 Å². The van der Waals surface area contributed by atoms with E-state index in [-0.39, 0.29) is 5.82 Å². The molecule has 0 N–H and O–H groups in total. The van der Waals surface area contributed by atoms with Gasteiger partial charge < -0.3 is 9.16 Å². The fourth-order valence-corrected chi connectivity index (χ4v) is 1.50. The third-order valence-corrected chi connectivity index (χ3v) is 2.49. The average Bonchev–Trinajstić information content (AvgIpc) is 2.15. The molecule has 0 aliphatic rings. The molecule has 1 aromatic carbocycles. The van der Waals surface area contributed by atoms with E-state index in [9.17, 15) is 4.39 Å². The minimum atomic E-state index is -0.716. The smallest absolute Gasteiger partial charge is 0.205 e. The molecule has 0 atom stereocenters. The van der Waals surface area contributed by atoms with Crippen LogP contribution in [-0.4, -0.2) is 16.2 Å². The zero-order chi connectivity index (χ0) is 10.6. The Hall–Kier alpha value is -0.873. The first-order chi connectivity index (χ1) is 6.63. The van der Waals surface area contributed by atoms with Crippen molar-refractivity contribution in [1.29, 1.82) is 0 Å². The van der Waals surface area contributed by atoms with Crippen LogP contribution >= 0.6 is 0 Å². The van der Waals surface area contributed by atoms with Gasteiger partial charge in [-0.3, -0.25) is 0 Å². The van der Waals surface area contributed by atoms with Gasteiger partial charge in [0.1, 0.15) is 11.6 Å². The highest BCUT2D eigenvalue weighted by Crippen LogP contribution is 2.20.